The van der Waals surface area contributed by atoms with Crippen molar-refractivity contribution in [2.45, 2.75) is 25.4 Å². The molecule has 0 spiro atoms. The van der Waals surface area contributed by atoms with Crippen LogP contribution in [0.3, 0.4) is 0 Å². The summed E-state index contributed by atoms with van der Waals surface area (Å²) in [5.74, 6) is -0.194. The number of amides is 3. The van der Waals surface area contributed by atoms with Crippen molar-refractivity contribution < 1.29 is 23.2 Å². The number of carbonyl (C=O) groups is 3. The fraction of sp³-hybridized carbons (Fsp3) is 0.133. The van der Waals surface area contributed by atoms with Crippen molar-refractivity contribution in [2.75, 3.05) is 4.90 Å². The highest BCUT2D eigenvalue weighted by molar-refractivity contribution is 6.30. The Morgan fingerprint density at radius 3 is 2.46 bits per heavy atom. The lowest BCUT2D eigenvalue weighted by molar-refractivity contribution is -0.138. The molecule has 3 heterocycles. The minimum atomic E-state index is -0.959. The van der Waals surface area contributed by atoms with Crippen molar-refractivity contribution in [1.82, 2.24) is 9.88 Å². The van der Waals surface area contributed by atoms with E-state index in [9.17, 15) is 14.4 Å². The van der Waals surface area contributed by atoms with Crippen LogP contribution in [0.15, 0.2) is 100 Å². The molecule has 1 fully saturated rings. The van der Waals surface area contributed by atoms with E-state index in [0.717, 1.165) is 16.0 Å². The van der Waals surface area contributed by atoms with Crippen LogP contribution >= 0.6 is 11.6 Å². The van der Waals surface area contributed by atoms with Gasteiger partial charge in [-0.15, -0.1) is 0 Å². The molecule has 1 aliphatic rings. The third kappa shape index (κ3) is 4.94. The van der Waals surface area contributed by atoms with Crippen LogP contribution < -0.4 is 4.90 Å². The molecule has 194 valence electrons. The molecule has 39 heavy (non-hydrogen) atoms. The molecule has 1 unspecified atom stereocenters. The molecule has 1 atom stereocenters. The first-order chi connectivity index (χ1) is 19.0. The van der Waals surface area contributed by atoms with Gasteiger partial charge in [0.15, 0.2) is 5.58 Å². The molecule has 3 amide bonds. The summed E-state index contributed by atoms with van der Waals surface area (Å²) in [4.78, 5) is 47.2. The number of hydrogen-bond donors (Lipinski definition) is 0. The van der Waals surface area contributed by atoms with Crippen LogP contribution in [0.1, 0.15) is 17.7 Å². The number of rotatable bonds is 7. The lowest BCUT2D eigenvalue weighted by Crippen LogP contribution is -2.45. The second-order valence-corrected chi connectivity index (χ2v) is 9.66. The van der Waals surface area contributed by atoms with Crippen molar-refractivity contribution in [3.63, 3.8) is 0 Å². The van der Waals surface area contributed by atoms with E-state index in [1.165, 1.54) is 11.2 Å². The maximum Gasteiger partial charge on any atom is 0.257 e. The maximum absolute atomic E-state index is 13.6. The first-order valence-corrected chi connectivity index (χ1v) is 12.7. The van der Waals surface area contributed by atoms with E-state index in [-0.39, 0.29) is 31.2 Å². The van der Waals surface area contributed by atoms with Crippen molar-refractivity contribution in [3.05, 3.63) is 108 Å². The number of anilines is 1. The molecule has 0 saturated carbocycles. The van der Waals surface area contributed by atoms with Gasteiger partial charge in [0.2, 0.25) is 17.7 Å². The number of imide groups is 1. The second kappa shape index (κ2) is 10.2. The molecule has 9 heteroatoms. The standard InChI is InChI=1S/C30H22ClN3O5/c31-21-11-7-19(8-12-21)16-27(35)33(18-23-4-3-15-38-23)25-17-28(36)34(30(25)37)22-13-9-20(10-14-22)29-32-24-5-1-2-6-26(24)39-29/h1-15,25H,16-18H2. The van der Waals surface area contributed by atoms with Gasteiger partial charge in [0.1, 0.15) is 17.3 Å². The first kappa shape index (κ1) is 24.6. The topological polar surface area (TPSA) is 96.9 Å². The van der Waals surface area contributed by atoms with E-state index in [0.29, 0.717) is 33.5 Å². The van der Waals surface area contributed by atoms with Crippen molar-refractivity contribution in [1.29, 1.82) is 0 Å². The van der Waals surface area contributed by atoms with E-state index < -0.39 is 11.9 Å². The van der Waals surface area contributed by atoms with Crippen molar-refractivity contribution in [2.24, 2.45) is 0 Å². The van der Waals surface area contributed by atoms with E-state index in [4.69, 9.17) is 20.4 Å². The number of aromatic nitrogens is 1. The SMILES string of the molecule is O=C1CC(N(Cc2ccco2)C(=O)Cc2ccc(Cl)cc2)C(=O)N1c1ccc(-c2nc3ccccc3o2)cc1. The zero-order valence-electron chi connectivity index (χ0n) is 20.6. The number of carbonyl (C=O) groups excluding carboxylic acids is 3. The van der Waals surface area contributed by atoms with E-state index >= 15 is 0 Å². The van der Waals surface area contributed by atoms with Gasteiger partial charge in [-0.05, 0) is 66.2 Å². The Balaban J connectivity index is 1.24. The predicted octanol–water partition coefficient (Wildman–Crippen LogP) is 5.64. The van der Waals surface area contributed by atoms with Gasteiger partial charge in [0, 0.05) is 10.6 Å². The number of furan rings is 1. The third-order valence-corrected chi connectivity index (χ3v) is 6.91. The fourth-order valence-electron chi connectivity index (χ4n) is 4.70. The summed E-state index contributed by atoms with van der Waals surface area (Å²) in [6, 6.07) is 23.7. The minimum Gasteiger partial charge on any atom is -0.467 e. The first-order valence-electron chi connectivity index (χ1n) is 12.4. The molecule has 1 saturated heterocycles. The Labute approximate surface area is 228 Å². The van der Waals surface area contributed by atoms with Crippen LogP contribution in [-0.4, -0.2) is 33.6 Å². The van der Waals surface area contributed by atoms with Gasteiger partial charge in [-0.3, -0.25) is 14.4 Å². The molecule has 0 radical (unpaired) electrons. The summed E-state index contributed by atoms with van der Waals surface area (Å²) < 4.78 is 11.3. The highest BCUT2D eigenvalue weighted by Crippen LogP contribution is 2.30. The molecule has 0 bridgehead atoms. The van der Waals surface area contributed by atoms with Gasteiger partial charge in [-0.1, -0.05) is 35.9 Å². The number of halogens is 1. The molecule has 5 aromatic rings. The lowest BCUT2D eigenvalue weighted by atomic mass is 10.1. The Kier molecular flexibility index (Phi) is 6.46. The number of nitrogens with zero attached hydrogens (tertiary/aromatic N) is 3. The third-order valence-electron chi connectivity index (χ3n) is 6.66. The van der Waals surface area contributed by atoms with E-state index in [1.54, 1.807) is 60.7 Å². The zero-order valence-corrected chi connectivity index (χ0v) is 21.4. The largest absolute Gasteiger partial charge is 0.467 e. The average Bonchev–Trinajstić information content (AvgIpc) is 3.68. The molecule has 2 aromatic heterocycles. The summed E-state index contributed by atoms with van der Waals surface area (Å²) in [5.41, 5.74) is 3.28. The Hall–Kier alpha value is -4.69. The predicted molar refractivity (Wildman–Crippen MR) is 145 cm³/mol. The molecule has 1 aliphatic heterocycles. The van der Waals surface area contributed by atoms with Gasteiger partial charge in [0.05, 0.1) is 31.3 Å². The van der Waals surface area contributed by atoms with Crippen LogP contribution in [0.2, 0.25) is 5.02 Å². The summed E-state index contributed by atoms with van der Waals surface area (Å²) in [6.45, 7) is 0.0631. The van der Waals surface area contributed by atoms with Crippen LogP contribution in [-0.2, 0) is 27.3 Å². The Morgan fingerprint density at radius 2 is 1.74 bits per heavy atom. The number of hydrogen-bond acceptors (Lipinski definition) is 6. The molecule has 0 N–H and O–H groups in total. The normalized spacial score (nSPS) is 15.3. The van der Waals surface area contributed by atoms with Gasteiger partial charge in [-0.25, -0.2) is 9.88 Å². The molecule has 3 aromatic carbocycles. The smallest absolute Gasteiger partial charge is 0.257 e. The molecule has 6 rings (SSSR count). The molecular weight excluding hydrogens is 518 g/mol. The van der Waals surface area contributed by atoms with E-state index in [2.05, 4.69) is 4.98 Å². The second-order valence-electron chi connectivity index (χ2n) is 9.23. The lowest BCUT2D eigenvalue weighted by Gasteiger charge is -2.27. The minimum absolute atomic E-state index is 0.0506. The molecule has 0 aliphatic carbocycles. The maximum atomic E-state index is 13.6. The van der Waals surface area contributed by atoms with Crippen LogP contribution in [0, 0.1) is 0 Å². The zero-order chi connectivity index (χ0) is 26.9. The number of benzene rings is 3. The van der Waals surface area contributed by atoms with Crippen LogP contribution in [0.4, 0.5) is 5.69 Å². The highest BCUT2D eigenvalue weighted by Gasteiger charge is 2.44. The van der Waals surface area contributed by atoms with Gasteiger partial charge in [0.25, 0.3) is 5.91 Å². The monoisotopic (exact) mass is 539 g/mol. The van der Waals surface area contributed by atoms with Crippen LogP contribution in [0.5, 0.6) is 0 Å². The van der Waals surface area contributed by atoms with Crippen molar-refractivity contribution in [3.8, 4) is 11.5 Å². The Bertz CT molecular complexity index is 1630. The van der Waals surface area contributed by atoms with Gasteiger partial charge in [-0.2, -0.15) is 0 Å². The fourth-order valence-corrected chi connectivity index (χ4v) is 4.83. The summed E-state index contributed by atoms with van der Waals surface area (Å²) in [7, 11) is 0. The number of para-hydroxylation sites is 2. The molecule has 8 nitrogen and oxygen atoms in total. The summed E-state index contributed by atoms with van der Waals surface area (Å²) in [5, 5.41) is 0.563. The average molecular weight is 540 g/mol. The summed E-state index contributed by atoms with van der Waals surface area (Å²) in [6.07, 6.45) is 1.43. The molecular formula is C30H22ClN3O5. The van der Waals surface area contributed by atoms with Gasteiger partial charge < -0.3 is 13.7 Å². The van der Waals surface area contributed by atoms with Crippen molar-refractivity contribution >= 4 is 46.1 Å². The number of oxazole rings is 1. The van der Waals surface area contributed by atoms with Crippen LogP contribution in [0.25, 0.3) is 22.6 Å². The van der Waals surface area contributed by atoms with Gasteiger partial charge >= 0.3 is 0 Å². The number of fused-ring (bicyclic) bond motifs is 1. The highest BCUT2D eigenvalue weighted by atomic mass is 35.5. The summed E-state index contributed by atoms with van der Waals surface area (Å²) >= 11 is 5.98. The van der Waals surface area contributed by atoms with E-state index in [1.807, 2.05) is 24.3 Å². The quantitative estimate of drug-likeness (QED) is 0.248. The Morgan fingerprint density at radius 1 is 0.974 bits per heavy atom.